The van der Waals surface area contributed by atoms with Crippen LogP contribution in [0.15, 0.2) is 546 Å². The first kappa shape index (κ1) is 83.1. The minimum Gasteiger partial charge on any atom is -0.309 e. The van der Waals surface area contributed by atoms with E-state index >= 15 is 0 Å². The van der Waals surface area contributed by atoms with E-state index in [1.165, 1.54) is 253 Å². The first-order valence-corrected chi connectivity index (χ1v) is 49.6. The zero-order valence-electron chi connectivity index (χ0n) is 78.6. The summed E-state index contributed by atoms with van der Waals surface area (Å²) < 4.78 is 14.4. The maximum Gasteiger partial charge on any atom is 0.0541 e. The van der Waals surface area contributed by atoms with Crippen molar-refractivity contribution in [2.75, 3.05) is 0 Å². The fraction of sp³-hybridized carbons (Fsp3) is 0. The molecule has 0 aliphatic heterocycles. The van der Waals surface area contributed by atoms with Crippen molar-refractivity contribution in [2.45, 2.75) is 0 Å². The fourth-order valence-corrected chi connectivity index (χ4v) is 23.1. The van der Waals surface area contributed by atoms with Gasteiger partial charge in [0.25, 0.3) is 0 Å². The van der Waals surface area contributed by atoms with E-state index in [0.717, 1.165) is 11.4 Å². The first-order valence-electron chi connectivity index (χ1n) is 49.6. The van der Waals surface area contributed by atoms with Gasteiger partial charge < -0.3 is 27.4 Å². The van der Waals surface area contributed by atoms with Gasteiger partial charge in [0.15, 0.2) is 0 Å². The highest BCUT2D eigenvalue weighted by atomic mass is 15.0. The molecule has 6 heteroatoms. The minimum atomic E-state index is 1.16. The largest absolute Gasteiger partial charge is 0.309 e. The molecule has 0 spiro atoms. The van der Waals surface area contributed by atoms with Gasteiger partial charge in [-0.2, -0.15) is 0 Å². The van der Waals surface area contributed by atoms with Crippen molar-refractivity contribution >= 4 is 163 Å². The predicted octanol–water partition coefficient (Wildman–Crippen LogP) is 37.1. The van der Waals surface area contributed by atoms with E-state index in [0.29, 0.717) is 0 Å². The molecule has 0 N–H and O–H groups in total. The van der Waals surface area contributed by atoms with E-state index in [4.69, 9.17) is 0 Å². The number of hydrogen-bond donors (Lipinski definition) is 0. The fourth-order valence-electron chi connectivity index (χ4n) is 23.1. The Morgan fingerprint density at radius 2 is 0.326 bits per heavy atom. The summed E-state index contributed by atoms with van der Waals surface area (Å²) in [6, 6.07) is 199. The van der Waals surface area contributed by atoms with E-state index in [2.05, 4.69) is 573 Å². The summed E-state index contributed by atoms with van der Waals surface area (Å²) in [4.78, 5) is 0. The number of fused-ring (bicyclic) bond motifs is 21. The Hall–Kier alpha value is -19.1. The molecule has 144 heavy (non-hydrogen) atoms. The summed E-state index contributed by atoms with van der Waals surface area (Å²) in [6.45, 7) is 0. The van der Waals surface area contributed by atoms with Crippen LogP contribution in [0.4, 0.5) is 0 Å². The Labute approximate surface area is 831 Å². The number of rotatable bonds is 12. The molecule has 30 rings (SSSR count). The molecule has 0 aliphatic rings. The number of nitrogens with zero attached hydrogens (tertiary/aromatic N) is 6. The molecule has 672 valence electrons. The Morgan fingerprint density at radius 3 is 0.715 bits per heavy atom. The van der Waals surface area contributed by atoms with Crippen molar-refractivity contribution in [2.24, 2.45) is 0 Å². The molecule has 6 heterocycles. The summed E-state index contributed by atoms with van der Waals surface area (Å²) in [5.41, 5.74) is 36.3. The second-order valence-corrected chi connectivity index (χ2v) is 37.7. The van der Waals surface area contributed by atoms with Gasteiger partial charge in [-0.05, 0) is 276 Å². The molecule has 0 saturated carbocycles. The smallest absolute Gasteiger partial charge is 0.0541 e. The number of aromatic nitrogens is 6. The van der Waals surface area contributed by atoms with E-state index in [9.17, 15) is 0 Å². The van der Waals surface area contributed by atoms with Crippen molar-refractivity contribution in [3.05, 3.63) is 546 Å². The summed E-state index contributed by atoms with van der Waals surface area (Å²) in [6.07, 6.45) is 0. The van der Waals surface area contributed by atoms with Gasteiger partial charge in [0.2, 0.25) is 0 Å². The minimum absolute atomic E-state index is 1.16. The van der Waals surface area contributed by atoms with Gasteiger partial charge in [0, 0.05) is 98.6 Å². The summed E-state index contributed by atoms with van der Waals surface area (Å²) >= 11 is 0. The van der Waals surface area contributed by atoms with Crippen LogP contribution in [0.2, 0.25) is 0 Å². The molecule has 30 aromatic rings. The van der Waals surface area contributed by atoms with Crippen LogP contribution in [0.5, 0.6) is 0 Å². The third kappa shape index (κ3) is 13.9. The van der Waals surface area contributed by atoms with Crippen LogP contribution in [0, 0.1) is 0 Å². The van der Waals surface area contributed by atoms with Gasteiger partial charge in [-0.3, -0.25) is 0 Å². The highest BCUT2D eigenvalue weighted by Crippen LogP contribution is 2.47. The molecule has 0 bridgehead atoms. The SMILES string of the molecule is c1ccc(-n2c3ccccc3c3cc(-c4ccc5c(c4)c4ccccc4n5-c4cccc(-c5ccc6ccccc6c5)c4)ccc32)cc1.c1ccc(-n2c3ccccc3c3cc(-c4ccc5c(c4)c4ccccc4n5-c4cccc(-c5cccc6ccccc56)c4)ccc32)cc1.c1ccc(-n2c3ccccc3c3cc(-c4ccc5c(c4)c4ccccc4n5-c4ccccc4-c4cccc5ccccc45)ccc32)cc1. The van der Waals surface area contributed by atoms with Gasteiger partial charge in [-0.25, -0.2) is 0 Å². The lowest BCUT2D eigenvalue weighted by molar-refractivity contribution is 1.18. The Morgan fingerprint density at radius 1 is 0.0972 bits per heavy atom. The predicted molar refractivity (Wildman–Crippen MR) is 610 cm³/mol. The topological polar surface area (TPSA) is 29.6 Å². The molecule has 6 nitrogen and oxygen atoms in total. The summed E-state index contributed by atoms with van der Waals surface area (Å²) in [7, 11) is 0. The number of hydrogen-bond acceptors (Lipinski definition) is 0. The van der Waals surface area contributed by atoms with Crippen LogP contribution < -0.4 is 0 Å². The van der Waals surface area contributed by atoms with E-state index < -0.39 is 0 Å². The molecule has 24 aromatic carbocycles. The van der Waals surface area contributed by atoms with Gasteiger partial charge >= 0.3 is 0 Å². The van der Waals surface area contributed by atoms with Crippen LogP contribution in [-0.4, -0.2) is 27.4 Å². The van der Waals surface area contributed by atoms with Crippen LogP contribution in [0.25, 0.3) is 264 Å². The van der Waals surface area contributed by atoms with Crippen molar-refractivity contribution in [3.8, 4) is 101 Å². The monoisotopic (exact) mass is 1830 g/mol. The van der Waals surface area contributed by atoms with Gasteiger partial charge in [0.1, 0.15) is 0 Å². The van der Waals surface area contributed by atoms with Gasteiger partial charge in [-0.15, -0.1) is 0 Å². The quantitative estimate of drug-likeness (QED) is 0.117. The maximum absolute atomic E-state index is 2.45. The van der Waals surface area contributed by atoms with Crippen molar-refractivity contribution in [3.63, 3.8) is 0 Å². The first-order chi connectivity index (χ1) is 71.4. The molecule has 0 amide bonds. The van der Waals surface area contributed by atoms with E-state index in [1.807, 2.05) is 0 Å². The maximum atomic E-state index is 2.45. The second kappa shape index (κ2) is 34.5. The molecule has 0 aliphatic carbocycles. The van der Waals surface area contributed by atoms with Gasteiger partial charge in [-0.1, -0.05) is 364 Å². The van der Waals surface area contributed by atoms with Gasteiger partial charge in [0.05, 0.1) is 71.9 Å². The highest BCUT2D eigenvalue weighted by Gasteiger charge is 2.24. The standard InChI is InChI=1S/3C46H30N2/c1-2-15-34(16-3-1)47-42-22-9-7-19-38(42)40-29-32(25-27-45(40)47)33-26-28-46-41(30-33)39-20-8-11-24-44(39)48(46)43-23-10-6-18-37(43)36-21-12-14-31-13-4-5-17-35(31)36;1-2-15-35(16-3-1)47-43-22-8-6-19-39(43)41-29-32(24-26-45(41)47)33-25-27-46-42(30-33)40-20-7-9-23-44(40)48(46)36-17-10-14-34(28-36)38-21-11-13-31-12-4-5-18-37(31)38;1-2-14-37(15-3-1)47-43-19-8-6-17-39(43)41-29-35(23-25-45(41)47)36-24-26-46-42(30-36)40-18-7-9-20-44(40)48(46)38-16-10-13-33(28-38)34-22-21-31-11-4-5-12-32(31)27-34/h3*1-30H. The van der Waals surface area contributed by atoms with Crippen LogP contribution >= 0.6 is 0 Å². The summed E-state index contributed by atoms with van der Waals surface area (Å²) in [5.74, 6) is 0. The number of benzene rings is 24. The zero-order valence-corrected chi connectivity index (χ0v) is 78.6. The third-order valence-electron chi connectivity index (χ3n) is 29.7. The second-order valence-electron chi connectivity index (χ2n) is 37.7. The normalized spacial score (nSPS) is 11.8. The van der Waals surface area contributed by atoms with Crippen molar-refractivity contribution < 1.29 is 0 Å². The van der Waals surface area contributed by atoms with Crippen LogP contribution in [0.3, 0.4) is 0 Å². The highest BCUT2D eigenvalue weighted by molar-refractivity contribution is 6.18. The average molecular weight is 1830 g/mol. The molecule has 6 aromatic heterocycles. The Bertz CT molecular complexity index is 10400. The lowest BCUT2D eigenvalue weighted by Crippen LogP contribution is -1.97. The summed E-state index contributed by atoms with van der Waals surface area (Å²) in [5, 5.41) is 22.7. The van der Waals surface area contributed by atoms with Crippen LogP contribution in [-0.2, 0) is 0 Å². The lowest BCUT2D eigenvalue weighted by Gasteiger charge is -2.15. The average Bonchev–Trinajstić information content (AvgIpc) is 1.58. The molecule has 0 atom stereocenters. The molecule has 0 fully saturated rings. The lowest BCUT2D eigenvalue weighted by atomic mass is 9.97. The van der Waals surface area contributed by atoms with E-state index in [-0.39, 0.29) is 0 Å². The van der Waals surface area contributed by atoms with Crippen molar-refractivity contribution in [1.82, 2.24) is 27.4 Å². The zero-order chi connectivity index (χ0) is 94.8. The molecule has 0 unspecified atom stereocenters. The molecule has 0 radical (unpaired) electrons. The Kier molecular flexibility index (Phi) is 19.9. The third-order valence-corrected chi connectivity index (χ3v) is 29.7. The molecular formula is C138H90N6. The van der Waals surface area contributed by atoms with E-state index in [1.54, 1.807) is 0 Å². The van der Waals surface area contributed by atoms with Crippen molar-refractivity contribution in [1.29, 1.82) is 0 Å². The molecular weight excluding hydrogens is 1740 g/mol. The number of para-hydroxylation sites is 10. The van der Waals surface area contributed by atoms with Crippen LogP contribution in [0.1, 0.15) is 0 Å². The Balaban J connectivity index is 0.000000105. The molecule has 0 saturated heterocycles.